The van der Waals surface area contributed by atoms with Crippen LogP contribution in [0.5, 0.6) is 0 Å². The Kier molecular flexibility index (Phi) is 5.92. The number of rotatable bonds is 5. The largest absolute Gasteiger partial charge is 0.416 e. The monoisotopic (exact) mass is 461 g/mol. The molecule has 4 aromatic rings. The minimum Gasteiger partial charge on any atom is -0.393 e. The molecular formula is C21H15ClF3N5O2. The van der Waals surface area contributed by atoms with Crippen LogP contribution in [-0.4, -0.2) is 36.8 Å². The second-order valence-electron chi connectivity index (χ2n) is 6.81. The summed E-state index contributed by atoms with van der Waals surface area (Å²) in [5.74, 6) is 0.321. The van der Waals surface area contributed by atoms with E-state index < -0.39 is 24.5 Å². The van der Waals surface area contributed by atoms with Crippen molar-refractivity contribution < 1.29 is 23.4 Å². The predicted octanol–water partition coefficient (Wildman–Crippen LogP) is 4.53. The highest BCUT2D eigenvalue weighted by molar-refractivity contribution is 6.33. The number of nitrogens with zero attached hydrogens (tertiary/aromatic N) is 4. The molecule has 3 N–H and O–H groups in total. The number of pyridine rings is 2. The number of benzene rings is 1. The van der Waals surface area contributed by atoms with Crippen LogP contribution in [0.15, 0.2) is 55.1 Å². The highest BCUT2D eigenvalue weighted by Gasteiger charge is 2.30. The molecule has 7 nitrogen and oxygen atoms in total. The van der Waals surface area contributed by atoms with Crippen LogP contribution in [0.1, 0.15) is 17.2 Å². The van der Waals surface area contributed by atoms with Gasteiger partial charge in [-0.25, -0.2) is 15.0 Å². The number of alkyl halides is 3. The normalized spacial score (nSPS) is 12.7. The topological polar surface area (TPSA) is 104 Å². The average molecular weight is 462 g/mol. The van der Waals surface area contributed by atoms with Gasteiger partial charge in [0.2, 0.25) is 0 Å². The van der Waals surface area contributed by atoms with E-state index in [0.717, 1.165) is 12.1 Å². The van der Waals surface area contributed by atoms with Crippen molar-refractivity contribution >= 4 is 34.1 Å². The fraction of sp³-hybridized carbons (Fsp3) is 0.143. The van der Waals surface area contributed by atoms with Crippen molar-refractivity contribution in [3.63, 3.8) is 0 Å². The van der Waals surface area contributed by atoms with Gasteiger partial charge in [-0.1, -0.05) is 11.6 Å². The van der Waals surface area contributed by atoms with Crippen LogP contribution < -0.4 is 5.32 Å². The van der Waals surface area contributed by atoms with Gasteiger partial charge in [0.25, 0.3) is 0 Å². The van der Waals surface area contributed by atoms with E-state index in [9.17, 15) is 18.3 Å². The summed E-state index contributed by atoms with van der Waals surface area (Å²) in [6, 6.07) is 7.75. The van der Waals surface area contributed by atoms with Gasteiger partial charge in [0.1, 0.15) is 17.9 Å². The van der Waals surface area contributed by atoms with Crippen LogP contribution in [0.2, 0.25) is 5.02 Å². The Morgan fingerprint density at radius 3 is 2.41 bits per heavy atom. The Hall–Kier alpha value is -3.34. The van der Waals surface area contributed by atoms with Crippen molar-refractivity contribution in [2.75, 3.05) is 11.9 Å². The lowest BCUT2D eigenvalue weighted by atomic mass is 10.1. The van der Waals surface area contributed by atoms with E-state index in [4.69, 9.17) is 16.7 Å². The number of anilines is 2. The predicted molar refractivity (Wildman–Crippen MR) is 112 cm³/mol. The highest BCUT2D eigenvalue weighted by atomic mass is 35.5. The molecule has 32 heavy (non-hydrogen) atoms. The van der Waals surface area contributed by atoms with Gasteiger partial charge >= 0.3 is 6.18 Å². The quantitative estimate of drug-likeness (QED) is 0.401. The zero-order valence-electron chi connectivity index (χ0n) is 16.2. The molecule has 11 heteroatoms. The first-order valence-electron chi connectivity index (χ1n) is 9.26. The number of aromatic nitrogens is 4. The number of aliphatic hydroxyl groups excluding tert-OH is 2. The molecule has 0 saturated carbocycles. The van der Waals surface area contributed by atoms with Crippen molar-refractivity contribution in [1.29, 1.82) is 0 Å². The summed E-state index contributed by atoms with van der Waals surface area (Å²) in [5.41, 5.74) is 1.87. The molecule has 0 fully saturated rings. The van der Waals surface area contributed by atoms with Gasteiger partial charge in [-0.3, -0.25) is 4.98 Å². The van der Waals surface area contributed by atoms with Crippen LogP contribution in [0.4, 0.5) is 24.7 Å². The summed E-state index contributed by atoms with van der Waals surface area (Å²) in [6.45, 7) is -0.458. The molecule has 0 aliphatic carbocycles. The molecule has 1 atom stereocenters. The Morgan fingerprint density at radius 2 is 1.75 bits per heavy atom. The van der Waals surface area contributed by atoms with Gasteiger partial charge in [-0.15, -0.1) is 0 Å². The van der Waals surface area contributed by atoms with Gasteiger partial charge in [0.15, 0.2) is 5.82 Å². The third-order valence-electron chi connectivity index (χ3n) is 4.64. The van der Waals surface area contributed by atoms with Crippen LogP contribution in [0.25, 0.3) is 22.3 Å². The molecule has 164 valence electrons. The third-order valence-corrected chi connectivity index (χ3v) is 4.93. The Balaban J connectivity index is 1.64. The van der Waals surface area contributed by atoms with Crippen LogP contribution >= 0.6 is 11.6 Å². The molecule has 0 bridgehead atoms. The van der Waals surface area contributed by atoms with Crippen molar-refractivity contribution in [3.8, 4) is 11.3 Å². The number of nitrogens with one attached hydrogen (secondary N) is 1. The number of aliphatic hydroxyl groups is 2. The summed E-state index contributed by atoms with van der Waals surface area (Å²) in [4.78, 5) is 17.0. The Morgan fingerprint density at radius 1 is 1.00 bits per heavy atom. The molecule has 0 saturated heterocycles. The lowest BCUT2D eigenvalue weighted by molar-refractivity contribution is -0.137. The van der Waals surface area contributed by atoms with Crippen molar-refractivity contribution in [3.05, 3.63) is 71.3 Å². The van der Waals surface area contributed by atoms with Crippen molar-refractivity contribution in [2.45, 2.75) is 12.3 Å². The first-order valence-corrected chi connectivity index (χ1v) is 9.64. The lowest BCUT2D eigenvalue weighted by Gasteiger charge is -2.12. The second kappa shape index (κ2) is 8.65. The van der Waals surface area contributed by atoms with Crippen molar-refractivity contribution in [2.24, 2.45) is 0 Å². The Labute approximate surface area is 184 Å². The highest BCUT2D eigenvalue weighted by Crippen LogP contribution is 2.32. The summed E-state index contributed by atoms with van der Waals surface area (Å²) in [5, 5.41) is 22.0. The van der Waals surface area contributed by atoms with E-state index in [2.05, 4.69) is 25.3 Å². The summed E-state index contributed by atoms with van der Waals surface area (Å²) in [6.07, 6.45) is -1.28. The minimum atomic E-state index is -4.41. The maximum absolute atomic E-state index is 12.8. The summed E-state index contributed by atoms with van der Waals surface area (Å²) < 4.78 is 38.3. The van der Waals surface area contributed by atoms with Crippen LogP contribution in [-0.2, 0) is 6.18 Å². The number of fused-ring (bicyclic) bond motifs is 1. The lowest BCUT2D eigenvalue weighted by Crippen LogP contribution is -2.05. The summed E-state index contributed by atoms with van der Waals surface area (Å²) in [7, 11) is 0. The van der Waals surface area contributed by atoms with Crippen LogP contribution in [0, 0.1) is 0 Å². The fourth-order valence-electron chi connectivity index (χ4n) is 3.00. The first-order chi connectivity index (χ1) is 15.3. The molecule has 0 aliphatic heterocycles. The Bertz CT molecular complexity index is 1270. The first kappa shape index (κ1) is 21.9. The van der Waals surface area contributed by atoms with Gasteiger partial charge < -0.3 is 15.5 Å². The van der Waals surface area contributed by atoms with E-state index >= 15 is 0 Å². The number of hydrogen-bond acceptors (Lipinski definition) is 7. The van der Waals surface area contributed by atoms with Gasteiger partial charge in [-0.2, -0.15) is 13.2 Å². The molecule has 0 spiro atoms. The van der Waals surface area contributed by atoms with Gasteiger partial charge in [0.05, 0.1) is 28.4 Å². The smallest absolute Gasteiger partial charge is 0.393 e. The zero-order valence-corrected chi connectivity index (χ0v) is 16.9. The number of halogens is 4. The number of hydrogen-bond donors (Lipinski definition) is 3. The minimum absolute atomic E-state index is 0.258. The SMILES string of the molecule is OCC(O)c1cnc(-c2cnc3c(Nc4ccc(C(F)(F)F)cc4)ncnc3c2)c(Cl)c1. The molecule has 4 rings (SSSR count). The summed E-state index contributed by atoms with van der Waals surface area (Å²) >= 11 is 6.29. The maximum atomic E-state index is 12.8. The molecule has 1 aromatic carbocycles. The fourth-order valence-corrected chi connectivity index (χ4v) is 3.28. The molecule has 0 radical (unpaired) electrons. The standard InChI is InChI=1S/C21H15ClF3N5O2/c22-15-5-11(17(32)9-31)7-26-18(15)12-6-16-19(27-8-12)20(29-10-28-16)30-14-3-1-13(2-4-14)21(23,24)25/h1-8,10,17,31-32H,9H2,(H,28,29,30). The average Bonchev–Trinajstić information content (AvgIpc) is 2.78. The molecular weight excluding hydrogens is 447 g/mol. The van der Waals surface area contributed by atoms with E-state index in [-0.39, 0.29) is 5.02 Å². The van der Waals surface area contributed by atoms with E-state index in [1.54, 1.807) is 6.07 Å². The van der Waals surface area contributed by atoms with Gasteiger partial charge in [0, 0.05) is 29.2 Å². The van der Waals surface area contributed by atoms with E-state index in [1.165, 1.54) is 36.9 Å². The van der Waals surface area contributed by atoms with E-state index in [1.807, 2.05) is 0 Å². The maximum Gasteiger partial charge on any atom is 0.416 e. The third kappa shape index (κ3) is 4.47. The van der Waals surface area contributed by atoms with E-state index in [0.29, 0.717) is 39.4 Å². The second-order valence-corrected chi connectivity index (χ2v) is 7.22. The van der Waals surface area contributed by atoms with Gasteiger partial charge in [-0.05, 0) is 36.4 Å². The molecule has 3 heterocycles. The molecule has 3 aromatic heterocycles. The molecule has 0 amide bonds. The van der Waals surface area contributed by atoms with Crippen LogP contribution in [0.3, 0.4) is 0 Å². The zero-order chi connectivity index (χ0) is 22.9. The molecule has 1 unspecified atom stereocenters. The molecule has 0 aliphatic rings. The van der Waals surface area contributed by atoms with Crippen molar-refractivity contribution in [1.82, 2.24) is 19.9 Å².